The number of nitriles is 1. The molecule has 0 saturated carbocycles. The minimum absolute atomic E-state index is 0.0867. The van der Waals surface area contributed by atoms with E-state index in [9.17, 15) is 5.11 Å². The molecule has 0 aromatic rings. The molecule has 1 saturated heterocycles. The molecule has 1 N–H and O–H groups in total. The summed E-state index contributed by atoms with van der Waals surface area (Å²) in [5, 5.41) is 18.7. The first-order valence-corrected chi connectivity index (χ1v) is 4.40. The van der Waals surface area contributed by atoms with E-state index in [4.69, 9.17) is 19.5 Å². The summed E-state index contributed by atoms with van der Waals surface area (Å²) < 4.78 is 15.4. The highest BCUT2D eigenvalue weighted by Crippen LogP contribution is 2.31. The molecule has 1 aliphatic rings. The highest BCUT2D eigenvalue weighted by molar-refractivity contribution is 6.11. The second kappa shape index (κ2) is 4.28. The zero-order chi connectivity index (χ0) is 10.8. The van der Waals surface area contributed by atoms with Gasteiger partial charge in [0.25, 0.3) is 0 Å². The lowest BCUT2D eigenvalue weighted by Crippen LogP contribution is -2.46. The molecule has 0 aromatic carbocycles. The predicted molar refractivity (Wildman–Crippen MR) is 50.4 cm³/mol. The third-order valence-electron chi connectivity index (χ3n) is 2.45. The fourth-order valence-electron chi connectivity index (χ4n) is 1.77. The highest BCUT2D eigenvalue weighted by atomic mass is 16.6. The van der Waals surface area contributed by atoms with E-state index >= 15 is 0 Å². The molecule has 1 unspecified atom stereocenters. The van der Waals surface area contributed by atoms with E-state index in [2.05, 4.69) is 0 Å². The van der Waals surface area contributed by atoms with Crippen molar-refractivity contribution in [2.24, 2.45) is 0 Å². The van der Waals surface area contributed by atoms with Gasteiger partial charge in [-0.15, -0.1) is 0 Å². The van der Waals surface area contributed by atoms with Gasteiger partial charge < -0.3 is 19.3 Å². The molecule has 6 heteroatoms. The summed E-state index contributed by atoms with van der Waals surface area (Å²) in [6.07, 6.45) is -1.46. The minimum atomic E-state index is -1.19. The van der Waals surface area contributed by atoms with Gasteiger partial charge in [-0.2, -0.15) is 5.26 Å². The lowest BCUT2D eigenvalue weighted by molar-refractivity contribution is -0.0841. The second-order valence-corrected chi connectivity index (χ2v) is 3.40. The Bertz CT molecular complexity index is 244. The topological polar surface area (TPSA) is 71.7 Å². The third-order valence-corrected chi connectivity index (χ3v) is 2.45. The lowest BCUT2D eigenvalue weighted by atomic mass is 9.90. The molecular weight excluding hydrogens is 185 g/mol. The Morgan fingerprint density at radius 2 is 2.29 bits per heavy atom. The fraction of sp³-hybridized carbons (Fsp3) is 0.875. The summed E-state index contributed by atoms with van der Waals surface area (Å²) in [7, 11) is 4.62. The van der Waals surface area contributed by atoms with Crippen LogP contribution in [0.2, 0.25) is 0 Å². The predicted octanol–water partition coefficient (Wildman–Crippen LogP) is -1.74. The van der Waals surface area contributed by atoms with Crippen molar-refractivity contribution in [2.45, 2.75) is 23.8 Å². The molecule has 5 nitrogen and oxygen atoms in total. The molecule has 1 rings (SSSR count). The van der Waals surface area contributed by atoms with Gasteiger partial charge in [-0.25, -0.2) is 0 Å². The number of aliphatic hydroxyl groups excluding tert-OH is 1. The molecular formula is C8H14BNO4. The van der Waals surface area contributed by atoms with Crippen LogP contribution < -0.4 is 0 Å². The number of hydrogen-bond acceptors (Lipinski definition) is 5. The van der Waals surface area contributed by atoms with E-state index in [-0.39, 0.29) is 6.61 Å². The van der Waals surface area contributed by atoms with Crippen molar-refractivity contribution >= 4 is 7.85 Å². The van der Waals surface area contributed by atoms with E-state index in [1.807, 2.05) is 6.07 Å². The van der Waals surface area contributed by atoms with E-state index in [0.29, 0.717) is 0 Å². The van der Waals surface area contributed by atoms with Crippen molar-refractivity contribution in [1.82, 2.24) is 0 Å². The van der Waals surface area contributed by atoms with Gasteiger partial charge in [-0.05, 0) is 0 Å². The van der Waals surface area contributed by atoms with Crippen LogP contribution >= 0.6 is 0 Å². The van der Waals surface area contributed by atoms with E-state index in [1.165, 1.54) is 14.2 Å². The van der Waals surface area contributed by atoms with E-state index < -0.39 is 23.8 Å². The molecule has 0 bridgehead atoms. The Morgan fingerprint density at radius 3 is 2.71 bits per heavy atom. The van der Waals surface area contributed by atoms with Crippen molar-refractivity contribution in [3.05, 3.63) is 0 Å². The lowest BCUT2D eigenvalue weighted by Gasteiger charge is -2.26. The minimum Gasteiger partial charge on any atom is -0.388 e. The molecule has 78 valence electrons. The second-order valence-electron chi connectivity index (χ2n) is 3.40. The smallest absolute Gasteiger partial charge is 0.205 e. The molecule has 1 fully saturated rings. The SMILES string of the molecule is B[C@@H]1O[C@](C#N)(COC)C(OC)[C@@H]1O. The summed E-state index contributed by atoms with van der Waals surface area (Å²) >= 11 is 0. The third kappa shape index (κ3) is 1.64. The molecule has 0 amide bonds. The molecule has 4 atom stereocenters. The van der Waals surface area contributed by atoms with Gasteiger partial charge in [0, 0.05) is 14.2 Å². The quantitative estimate of drug-likeness (QED) is 0.546. The van der Waals surface area contributed by atoms with Crippen LogP contribution in [-0.2, 0) is 14.2 Å². The average molecular weight is 199 g/mol. The van der Waals surface area contributed by atoms with Gasteiger partial charge in [0.15, 0.2) is 0 Å². The maximum atomic E-state index is 9.69. The molecule has 0 radical (unpaired) electrons. The zero-order valence-electron chi connectivity index (χ0n) is 8.56. The van der Waals surface area contributed by atoms with Gasteiger partial charge in [0.2, 0.25) is 5.60 Å². The first kappa shape index (κ1) is 11.5. The van der Waals surface area contributed by atoms with Gasteiger partial charge in [0.05, 0.1) is 12.6 Å². The van der Waals surface area contributed by atoms with Crippen molar-refractivity contribution < 1.29 is 19.3 Å². The molecule has 14 heavy (non-hydrogen) atoms. The standard InChI is InChI=1S/C8H14BNO4/c1-12-4-8(3-10)6(13-2)5(11)7(9)14-8/h5-7,11H,4,9H2,1-2H3/t5-,6?,7+,8+/m0/s1. The van der Waals surface area contributed by atoms with Crippen molar-refractivity contribution in [2.75, 3.05) is 20.8 Å². The molecule has 1 heterocycles. The first-order chi connectivity index (χ1) is 6.61. The van der Waals surface area contributed by atoms with Crippen molar-refractivity contribution in [1.29, 1.82) is 5.26 Å². The largest absolute Gasteiger partial charge is 0.388 e. The Hall–Kier alpha value is -0.605. The maximum Gasteiger partial charge on any atom is 0.205 e. The van der Waals surface area contributed by atoms with Crippen LogP contribution in [-0.4, -0.2) is 57.6 Å². The van der Waals surface area contributed by atoms with Crippen molar-refractivity contribution in [3.8, 4) is 6.07 Å². The Kier molecular flexibility index (Phi) is 3.51. The number of hydrogen-bond donors (Lipinski definition) is 1. The maximum absolute atomic E-state index is 9.69. The fourth-order valence-corrected chi connectivity index (χ4v) is 1.77. The summed E-state index contributed by atoms with van der Waals surface area (Å²) in [5.41, 5.74) is -1.19. The normalized spacial score (nSPS) is 42.3. The monoisotopic (exact) mass is 199 g/mol. The van der Waals surface area contributed by atoms with Crippen LogP contribution in [0.4, 0.5) is 0 Å². The Morgan fingerprint density at radius 1 is 1.64 bits per heavy atom. The zero-order valence-corrected chi connectivity index (χ0v) is 8.56. The number of ether oxygens (including phenoxy) is 3. The number of aliphatic hydroxyl groups is 1. The average Bonchev–Trinajstić information content (AvgIpc) is 2.40. The summed E-state index contributed by atoms with van der Waals surface area (Å²) in [6.45, 7) is 0.0867. The van der Waals surface area contributed by atoms with Crippen LogP contribution in [0.3, 0.4) is 0 Å². The Labute approximate surface area is 84.0 Å². The number of methoxy groups -OCH3 is 2. The van der Waals surface area contributed by atoms with Crippen molar-refractivity contribution in [3.63, 3.8) is 0 Å². The molecule has 0 spiro atoms. The van der Waals surface area contributed by atoms with Gasteiger partial charge in [-0.3, -0.25) is 0 Å². The van der Waals surface area contributed by atoms with Gasteiger partial charge in [-0.1, -0.05) is 0 Å². The van der Waals surface area contributed by atoms with Crippen LogP contribution in [0.1, 0.15) is 0 Å². The van der Waals surface area contributed by atoms with E-state index in [1.54, 1.807) is 7.85 Å². The highest BCUT2D eigenvalue weighted by Gasteiger charge is 2.54. The van der Waals surface area contributed by atoms with Crippen LogP contribution in [0.25, 0.3) is 0 Å². The van der Waals surface area contributed by atoms with Crippen LogP contribution in [0, 0.1) is 11.3 Å². The van der Waals surface area contributed by atoms with Crippen LogP contribution in [0.15, 0.2) is 0 Å². The summed E-state index contributed by atoms with van der Waals surface area (Å²) in [6, 6.07) is 1.59. The Balaban J connectivity index is 2.91. The summed E-state index contributed by atoms with van der Waals surface area (Å²) in [4.78, 5) is 0. The molecule has 0 aliphatic carbocycles. The van der Waals surface area contributed by atoms with Crippen LogP contribution in [0.5, 0.6) is 0 Å². The number of rotatable bonds is 3. The number of nitrogens with zero attached hydrogens (tertiary/aromatic N) is 1. The van der Waals surface area contributed by atoms with E-state index in [0.717, 1.165) is 0 Å². The van der Waals surface area contributed by atoms with Gasteiger partial charge >= 0.3 is 0 Å². The van der Waals surface area contributed by atoms with Gasteiger partial charge in [0.1, 0.15) is 26.1 Å². The first-order valence-electron chi connectivity index (χ1n) is 4.40. The molecule has 1 aliphatic heterocycles. The summed E-state index contributed by atoms with van der Waals surface area (Å²) in [5.74, 6) is 0. The molecule has 0 aromatic heterocycles.